The Balaban J connectivity index is 3.02. The second-order valence-electron chi connectivity index (χ2n) is 2.17. The van der Waals surface area contributed by atoms with E-state index in [1.165, 1.54) is 17.8 Å². The van der Waals surface area contributed by atoms with Crippen LogP contribution in [-0.4, -0.2) is 6.26 Å². The Kier molecular flexibility index (Phi) is 2.91. The molecule has 1 aromatic carbocycles. The molecule has 0 amide bonds. The van der Waals surface area contributed by atoms with Gasteiger partial charge in [-0.15, -0.1) is 11.8 Å². The molecule has 0 aliphatic rings. The predicted octanol–water partition coefficient (Wildman–Crippen LogP) is 2.01. The zero-order valence-corrected chi connectivity index (χ0v) is 7.12. The van der Waals surface area contributed by atoms with Crippen molar-refractivity contribution in [1.29, 1.82) is 0 Å². The average molecular weight is 171 g/mol. The summed E-state index contributed by atoms with van der Waals surface area (Å²) in [7, 11) is 0. The van der Waals surface area contributed by atoms with Crippen molar-refractivity contribution in [2.45, 2.75) is 11.4 Å². The second kappa shape index (κ2) is 3.74. The molecule has 0 radical (unpaired) electrons. The van der Waals surface area contributed by atoms with Crippen molar-refractivity contribution in [3.05, 3.63) is 29.6 Å². The number of benzene rings is 1. The Morgan fingerprint density at radius 3 is 2.82 bits per heavy atom. The summed E-state index contributed by atoms with van der Waals surface area (Å²) >= 11 is 1.39. The smallest absolute Gasteiger partial charge is 0.136 e. The molecule has 60 valence electrons. The highest BCUT2D eigenvalue weighted by molar-refractivity contribution is 7.98. The molecule has 0 fully saturated rings. The van der Waals surface area contributed by atoms with Gasteiger partial charge < -0.3 is 5.73 Å². The highest BCUT2D eigenvalue weighted by Gasteiger charge is 1.99. The van der Waals surface area contributed by atoms with Gasteiger partial charge in [0.15, 0.2) is 0 Å². The molecule has 1 aromatic rings. The standard InChI is InChI=1S/C8H10FNS/c1-11-8-4-6(5-10)2-3-7(8)9/h2-4H,5,10H2,1H3. The minimum absolute atomic E-state index is 0.172. The summed E-state index contributed by atoms with van der Waals surface area (Å²) in [4.78, 5) is 0.660. The number of halogens is 1. The largest absolute Gasteiger partial charge is 0.326 e. The fourth-order valence-corrected chi connectivity index (χ4v) is 1.36. The van der Waals surface area contributed by atoms with Crippen LogP contribution in [0.1, 0.15) is 5.56 Å². The van der Waals surface area contributed by atoms with Gasteiger partial charge in [0, 0.05) is 11.4 Å². The topological polar surface area (TPSA) is 26.0 Å². The van der Waals surface area contributed by atoms with Crippen LogP contribution in [0.4, 0.5) is 4.39 Å². The molecule has 0 bridgehead atoms. The van der Waals surface area contributed by atoms with Gasteiger partial charge in [0.05, 0.1) is 0 Å². The zero-order chi connectivity index (χ0) is 8.27. The maximum atomic E-state index is 12.8. The molecule has 0 saturated carbocycles. The van der Waals surface area contributed by atoms with Gasteiger partial charge in [0.2, 0.25) is 0 Å². The minimum atomic E-state index is -0.172. The van der Waals surface area contributed by atoms with E-state index in [2.05, 4.69) is 0 Å². The van der Waals surface area contributed by atoms with Crippen LogP contribution < -0.4 is 5.73 Å². The first-order chi connectivity index (χ1) is 5.27. The normalized spacial score (nSPS) is 10.1. The highest BCUT2D eigenvalue weighted by Crippen LogP contribution is 2.19. The summed E-state index contributed by atoms with van der Waals surface area (Å²) in [5, 5.41) is 0. The van der Waals surface area contributed by atoms with Crippen LogP contribution in [0.3, 0.4) is 0 Å². The summed E-state index contributed by atoms with van der Waals surface area (Å²) in [6.07, 6.45) is 1.85. The van der Waals surface area contributed by atoms with Crippen LogP contribution in [0.25, 0.3) is 0 Å². The molecule has 0 atom stereocenters. The lowest BCUT2D eigenvalue weighted by Crippen LogP contribution is -1.96. The van der Waals surface area contributed by atoms with E-state index < -0.39 is 0 Å². The molecule has 1 rings (SSSR count). The Labute approximate surface area is 69.8 Å². The molecule has 1 nitrogen and oxygen atoms in total. The fourth-order valence-electron chi connectivity index (χ4n) is 0.831. The van der Waals surface area contributed by atoms with Crippen molar-refractivity contribution >= 4 is 11.8 Å². The molecule has 0 aromatic heterocycles. The number of thioether (sulfide) groups is 1. The molecule has 0 spiro atoms. The van der Waals surface area contributed by atoms with Crippen LogP contribution in [-0.2, 0) is 6.54 Å². The Bertz CT molecular complexity index is 250. The van der Waals surface area contributed by atoms with E-state index in [1.54, 1.807) is 12.1 Å². The molecular formula is C8H10FNS. The molecular weight excluding hydrogens is 161 g/mol. The Morgan fingerprint density at radius 1 is 1.55 bits per heavy atom. The third-order valence-electron chi connectivity index (χ3n) is 1.45. The number of nitrogens with two attached hydrogens (primary N) is 1. The quantitative estimate of drug-likeness (QED) is 0.689. The van der Waals surface area contributed by atoms with Crippen LogP contribution in [0.2, 0.25) is 0 Å². The van der Waals surface area contributed by atoms with Gasteiger partial charge in [0.1, 0.15) is 5.82 Å². The summed E-state index contributed by atoms with van der Waals surface area (Å²) in [6.45, 7) is 0.466. The first-order valence-corrected chi connectivity index (χ1v) is 4.53. The number of rotatable bonds is 2. The minimum Gasteiger partial charge on any atom is -0.326 e. The highest BCUT2D eigenvalue weighted by atomic mass is 32.2. The Morgan fingerprint density at radius 2 is 2.27 bits per heavy atom. The molecule has 0 unspecified atom stereocenters. The predicted molar refractivity (Wildman–Crippen MR) is 46.1 cm³/mol. The van der Waals surface area contributed by atoms with Crippen LogP contribution in [0.5, 0.6) is 0 Å². The molecule has 0 heterocycles. The van der Waals surface area contributed by atoms with Crippen molar-refractivity contribution in [2.24, 2.45) is 5.73 Å². The molecule has 0 aliphatic heterocycles. The summed E-state index contributed by atoms with van der Waals surface area (Å²) in [6, 6.07) is 4.93. The lowest BCUT2D eigenvalue weighted by Gasteiger charge is -2.01. The third kappa shape index (κ3) is 1.94. The average Bonchev–Trinajstić information content (AvgIpc) is 2.05. The van der Waals surface area contributed by atoms with E-state index in [4.69, 9.17) is 5.73 Å². The van der Waals surface area contributed by atoms with Crippen molar-refractivity contribution < 1.29 is 4.39 Å². The van der Waals surface area contributed by atoms with E-state index in [0.29, 0.717) is 11.4 Å². The maximum absolute atomic E-state index is 12.8. The first kappa shape index (κ1) is 8.56. The molecule has 3 heteroatoms. The lowest BCUT2D eigenvalue weighted by molar-refractivity contribution is 0.601. The van der Waals surface area contributed by atoms with E-state index in [1.807, 2.05) is 6.26 Å². The van der Waals surface area contributed by atoms with Gasteiger partial charge in [-0.25, -0.2) is 4.39 Å². The second-order valence-corrected chi connectivity index (χ2v) is 3.02. The third-order valence-corrected chi connectivity index (χ3v) is 2.20. The van der Waals surface area contributed by atoms with Gasteiger partial charge in [-0.05, 0) is 24.0 Å². The van der Waals surface area contributed by atoms with E-state index in [-0.39, 0.29) is 5.82 Å². The van der Waals surface area contributed by atoms with Gasteiger partial charge in [-0.3, -0.25) is 0 Å². The van der Waals surface area contributed by atoms with Gasteiger partial charge in [-0.1, -0.05) is 6.07 Å². The lowest BCUT2D eigenvalue weighted by atomic mass is 10.2. The molecule has 0 aliphatic carbocycles. The van der Waals surface area contributed by atoms with Gasteiger partial charge >= 0.3 is 0 Å². The summed E-state index contributed by atoms with van der Waals surface area (Å²) < 4.78 is 12.8. The van der Waals surface area contributed by atoms with Crippen LogP contribution >= 0.6 is 11.8 Å². The number of hydrogen-bond acceptors (Lipinski definition) is 2. The van der Waals surface area contributed by atoms with Crippen molar-refractivity contribution in [3.63, 3.8) is 0 Å². The van der Waals surface area contributed by atoms with Gasteiger partial charge in [0.25, 0.3) is 0 Å². The van der Waals surface area contributed by atoms with E-state index in [0.717, 1.165) is 5.56 Å². The van der Waals surface area contributed by atoms with Crippen LogP contribution in [0.15, 0.2) is 23.1 Å². The number of hydrogen-bond donors (Lipinski definition) is 1. The van der Waals surface area contributed by atoms with E-state index in [9.17, 15) is 4.39 Å². The SMILES string of the molecule is CSc1cc(CN)ccc1F. The monoisotopic (exact) mass is 171 g/mol. The van der Waals surface area contributed by atoms with Gasteiger partial charge in [-0.2, -0.15) is 0 Å². The first-order valence-electron chi connectivity index (χ1n) is 3.30. The molecule has 2 N–H and O–H groups in total. The van der Waals surface area contributed by atoms with Crippen molar-refractivity contribution in [2.75, 3.05) is 6.26 Å². The van der Waals surface area contributed by atoms with E-state index >= 15 is 0 Å². The molecule has 0 saturated heterocycles. The Hall–Kier alpha value is -0.540. The summed E-state index contributed by atoms with van der Waals surface area (Å²) in [5.74, 6) is -0.172. The van der Waals surface area contributed by atoms with Crippen LogP contribution in [0, 0.1) is 5.82 Å². The molecule has 11 heavy (non-hydrogen) atoms. The van der Waals surface area contributed by atoms with Crippen molar-refractivity contribution in [3.8, 4) is 0 Å². The fraction of sp³-hybridized carbons (Fsp3) is 0.250. The van der Waals surface area contributed by atoms with Crippen molar-refractivity contribution in [1.82, 2.24) is 0 Å². The zero-order valence-electron chi connectivity index (χ0n) is 6.30. The maximum Gasteiger partial charge on any atom is 0.136 e. The summed E-state index contributed by atoms with van der Waals surface area (Å²) in [5.41, 5.74) is 6.36.